The van der Waals surface area contributed by atoms with Crippen LogP contribution in [0.2, 0.25) is 0 Å². The number of hydrogen-bond donors (Lipinski definition) is 2. The minimum absolute atomic E-state index is 0.0276. The summed E-state index contributed by atoms with van der Waals surface area (Å²) >= 11 is 0. The standard InChI is InChI=1S/C16H16F4N2O5/c1-26-14(25)11-8-22(5-6-23)13(24)12(11)21-9-3-2-4-10(7-9)27-16(19,20)15(17)18/h2-4,7,15,21,23H,5-6,8H2,1H3. The summed E-state index contributed by atoms with van der Waals surface area (Å²) in [6.45, 7) is -0.484. The number of nitrogens with zero attached hydrogens (tertiary/aromatic N) is 1. The second-order valence-electron chi connectivity index (χ2n) is 5.41. The molecule has 1 aromatic carbocycles. The Bertz CT molecular complexity index is 754. The number of alkyl halides is 4. The van der Waals surface area contributed by atoms with Crippen LogP contribution in [0.1, 0.15) is 0 Å². The van der Waals surface area contributed by atoms with Crippen molar-refractivity contribution >= 4 is 17.6 Å². The molecule has 0 fully saturated rings. The van der Waals surface area contributed by atoms with E-state index in [-0.39, 0.29) is 36.7 Å². The van der Waals surface area contributed by atoms with Crippen molar-refractivity contribution in [3.63, 3.8) is 0 Å². The first-order valence-corrected chi connectivity index (χ1v) is 7.63. The van der Waals surface area contributed by atoms with Crippen LogP contribution in [0.15, 0.2) is 35.5 Å². The highest BCUT2D eigenvalue weighted by molar-refractivity contribution is 6.08. The van der Waals surface area contributed by atoms with E-state index in [1.54, 1.807) is 0 Å². The van der Waals surface area contributed by atoms with Crippen molar-refractivity contribution in [2.24, 2.45) is 0 Å². The molecular weight excluding hydrogens is 376 g/mol. The molecule has 2 rings (SSSR count). The number of ether oxygens (including phenoxy) is 2. The van der Waals surface area contributed by atoms with Crippen LogP contribution in [0.5, 0.6) is 5.75 Å². The van der Waals surface area contributed by atoms with E-state index in [0.717, 1.165) is 19.2 Å². The van der Waals surface area contributed by atoms with E-state index in [9.17, 15) is 27.2 Å². The van der Waals surface area contributed by atoms with Crippen LogP contribution >= 0.6 is 0 Å². The van der Waals surface area contributed by atoms with Gasteiger partial charge in [-0.15, -0.1) is 0 Å². The number of β-amino-alcohol motifs (C(OH)–C–C–N with tert-alkyl or cyclic N) is 1. The van der Waals surface area contributed by atoms with Crippen molar-refractivity contribution in [1.82, 2.24) is 4.90 Å². The lowest BCUT2D eigenvalue weighted by molar-refractivity contribution is -0.253. The van der Waals surface area contributed by atoms with Gasteiger partial charge in [-0.25, -0.2) is 4.79 Å². The molecule has 1 aliphatic rings. The molecule has 1 heterocycles. The molecule has 148 valence electrons. The predicted octanol–water partition coefficient (Wildman–Crippen LogP) is 1.60. The van der Waals surface area contributed by atoms with Gasteiger partial charge < -0.3 is 24.8 Å². The third-order valence-electron chi connectivity index (χ3n) is 3.56. The number of carbonyl (C=O) groups is 2. The van der Waals surface area contributed by atoms with Crippen LogP contribution in [0.3, 0.4) is 0 Å². The lowest BCUT2D eigenvalue weighted by atomic mass is 10.2. The molecule has 0 saturated carbocycles. The summed E-state index contributed by atoms with van der Waals surface area (Å²) in [7, 11) is 1.12. The molecule has 0 atom stereocenters. The first-order valence-electron chi connectivity index (χ1n) is 7.63. The zero-order valence-electron chi connectivity index (χ0n) is 14.0. The predicted molar refractivity (Wildman–Crippen MR) is 84.4 cm³/mol. The van der Waals surface area contributed by atoms with E-state index in [1.807, 2.05) is 0 Å². The average Bonchev–Trinajstić information content (AvgIpc) is 2.91. The zero-order chi connectivity index (χ0) is 20.2. The van der Waals surface area contributed by atoms with E-state index in [4.69, 9.17) is 5.11 Å². The van der Waals surface area contributed by atoms with Crippen molar-refractivity contribution in [2.75, 3.05) is 32.1 Å². The van der Waals surface area contributed by atoms with Crippen LogP contribution in [0, 0.1) is 0 Å². The first kappa shape index (κ1) is 20.5. The molecule has 11 heteroatoms. The van der Waals surface area contributed by atoms with E-state index in [0.29, 0.717) is 0 Å². The molecule has 0 radical (unpaired) electrons. The number of hydrogen-bond acceptors (Lipinski definition) is 6. The van der Waals surface area contributed by atoms with Crippen molar-refractivity contribution in [2.45, 2.75) is 12.5 Å². The Hall–Kier alpha value is -2.82. The van der Waals surface area contributed by atoms with E-state index < -0.39 is 30.2 Å². The number of methoxy groups -OCH3 is 1. The van der Waals surface area contributed by atoms with Crippen LogP contribution in [0.25, 0.3) is 0 Å². The molecule has 0 spiro atoms. The highest BCUT2D eigenvalue weighted by Crippen LogP contribution is 2.30. The maximum absolute atomic E-state index is 13.0. The highest BCUT2D eigenvalue weighted by atomic mass is 19.3. The van der Waals surface area contributed by atoms with Crippen LogP contribution in [-0.2, 0) is 14.3 Å². The second kappa shape index (κ2) is 8.25. The Labute approximate surface area is 151 Å². The van der Waals surface area contributed by atoms with Gasteiger partial charge in [-0.05, 0) is 12.1 Å². The molecular formula is C16H16F4N2O5. The van der Waals surface area contributed by atoms with Crippen molar-refractivity contribution in [3.05, 3.63) is 35.5 Å². The van der Waals surface area contributed by atoms with Gasteiger partial charge in [-0.2, -0.15) is 17.6 Å². The van der Waals surface area contributed by atoms with Crippen molar-refractivity contribution in [3.8, 4) is 5.75 Å². The van der Waals surface area contributed by atoms with Gasteiger partial charge in [0.15, 0.2) is 0 Å². The Morgan fingerprint density at radius 2 is 2.11 bits per heavy atom. The lowest BCUT2D eigenvalue weighted by Gasteiger charge is -2.18. The third-order valence-corrected chi connectivity index (χ3v) is 3.56. The number of aliphatic hydroxyl groups excluding tert-OH is 1. The van der Waals surface area contributed by atoms with Crippen molar-refractivity contribution in [1.29, 1.82) is 0 Å². The van der Waals surface area contributed by atoms with E-state index in [1.165, 1.54) is 17.0 Å². The number of amides is 1. The number of benzene rings is 1. The highest BCUT2D eigenvalue weighted by Gasteiger charge is 2.44. The fraction of sp³-hybridized carbons (Fsp3) is 0.375. The summed E-state index contributed by atoms with van der Waals surface area (Å²) in [4.78, 5) is 25.4. The SMILES string of the molecule is COC(=O)C1=C(Nc2cccc(OC(F)(F)C(F)F)c2)C(=O)N(CCO)C1. The summed E-state index contributed by atoms with van der Waals surface area (Å²) in [5, 5.41) is 11.6. The molecule has 7 nitrogen and oxygen atoms in total. The number of nitrogens with one attached hydrogen (secondary N) is 1. The molecule has 0 aliphatic carbocycles. The van der Waals surface area contributed by atoms with E-state index >= 15 is 0 Å². The van der Waals surface area contributed by atoms with Gasteiger partial charge in [0, 0.05) is 18.3 Å². The Balaban J connectivity index is 2.27. The van der Waals surface area contributed by atoms with Crippen molar-refractivity contribution < 1.29 is 41.7 Å². The molecule has 0 saturated heterocycles. The van der Waals surface area contributed by atoms with Gasteiger partial charge in [-0.1, -0.05) is 6.07 Å². The minimum atomic E-state index is -4.68. The number of esters is 1. The normalized spacial score (nSPS) is 14.8. The van der Waals surface area contributed by atoms with Gasteiger partial charge in [0.2, 0.25) is 0 Å². The average molecular weight is 392 g/mol. The molecule has 2 N–H and O–H groups in total. The summed E-state index contributed by atoms with van der Waals surface area (Å²) in [6, 6.07) is 4.60. The third kappa shape index (κ3) is 4.67. The summed E-state index contributed by atoms with van der Waals surface area (Å²) in [6.07, 6.45) is -8.71. The Morgan fingerprint density at radius 3 is 2.70 bits per heavy atom. The maximum atomic E-state index is 13.0. The largest absolute Gasteiger partial charge is 0.466 e. The van der Waals surface area contributed by atoms with Gasteiger partial charge in [0.05, 0.1) is 25.8 Å². The molecule has 1 aromatic rings. The van der Waals surface area contributed by atoms with Gasteiger partial charge in [0.1, 0.15) is 11.4 Å². The second-order valence-corrected chi connectivity index (χ2v) is 5.41. The quantitative estimate of drug-likeness (QED) is 0.516. The summed E-state index contributed by atoms with van der Waals surface area (Å²) in [5.74, 6) is -1.97. The number of aliphatic hydroxyl groups is 1. The first-order chi connectivity index (χ1) is 12.7. The zero-order valence-corrected chi connectivity index (χ0v) is 14.0. The number of halogens is 4. The Morgan fingerprint density at radius 1 is 1.41 bits per heavy atom. The Kier molecular flexibility index (Phi) is 6.26. The summed E-state index contributed by atoms with van der Waals surface area (Å²) in [5.41, 5.74) is -0.151. The topological polar surface area (TPSA) is 88.1 Å². The van der Waals surface area contributed by atoms with Crippen LogP contribution in [-0.4, -0.2) is 61.2 Å². The molecule has 0 bridgehead atoms. The number of anilines is 1. The molecule has 1 aliphatic heterocycles. The lowest BCUT2D eigenvalue weighted by Crippen LogP contribution is -2.33. The smallest absolute Gasteiger partial charge is 0.461 e. The monoisotopic (exact) mass is 392 g/mol. The molecule has 1 amide bonds. The summed E-state index contributed by atoms with van der Waals surface area (Å²) < 4.78 is 59.2. The molecule has 0 aromatic heterocycles. The molecule has 27 heavy (non-hydrogen) atoms. The van der Waals surface area contributed by atoms with Gasteiger partial charge in [-0.3, -0.25) is 4.79 Å². The van der Waals surface area contributed by atoms with E-state index in [2.05, 4.69) is 14.8 Å². The van der Waals surface area contributed by atoms with Crippen LogP contribution in [0.4, 0.5) is 23.2 Å². The van der Waals surface area contributed by atoms with Gasteiger partial charge in [0.25, 0.3) is 5.91 Å². The van der Waals surface area contributed by atoms with Crippen LogP contribution < -0.4 is 10.1 Å². The van der Waals surface area contributed by atoms with Gasteiger partial charge >= 0.3 is 18.5 Å². The number of carbonyl (C=O) groups excluding carboxylic acids is 2. The number of rotatable bonds is 8. The maximum Gasteiger partial charge on any atom is 0.461 e. The fourth-order valence-corrected chi connectivity index (χ4v) is 2.33. The fourth-order valence-electron chi connectivity index (χ4n) is 2.33. The molecule has 0 unspecified atom stereocenters. The minimum Gasteiger partial charge on any atom is -0.466 e.